The third kappa shape index (κ3) is 3.36. The van der Waals surface area contributed by atoms with E-state index in [0.29, 0.717) is 54.5 Å². The standard InChI is InChI=1S/C22H26N4O4/c1-3-26-10-13(9-14(27)11-26)23-22-25-21-17(30-22)5-4-16(24-21)19-12(2)8-18-15(20(19)28)6-7-29-18/h4-5,8,13-14,27-28H,3,6-7,9-11H2,1-2H3,(H,23,24,25)/t13-,14+/m1/s1. The van der Waals surface area contributed by atoms with Crippen LogP contribution in [-0.2, 0) is 6.42 Å². The Morgan fingerprint density at radius 3 is 2.97 bits per heavy atom. The smallest absolute Gasteiger partial charge is 0.297 e. The highest BCUT2D eigenvalue weighted by Gasteiger charge is 2.27. The van der Waals surface area contributed by atoms with Crippen LogP contribution < -0.4 is 10.1 Å². The number of hydrogen-bond acceptors (Lipinski definition) is 8. The van der Waals surface area contributed by atoms with Crippen LogP contribution >= 0.6 is 0 Å². The quantitative estimate of drug-likeness (QED) is 0.603. The molecule has 0 bridgehead atoms. The van der Waals surface area contributed by atoms with Gasteiger partial charge in [-0.25, -0.2) is 4.98 Å². The summed E-state index contributed by atoms with van der Waals surface area (Å²) in [5.41, 5.74) is 4.14. The van der Waals surface area contributed by atoms with Crippen molar-refractivity contribution in [1.29, 1.82) is 0 Å². The molecular formula is C22H26N4O4. The Morgan fingerprint density at radius 2 is 2.13 bits per heavy atom. The van der Waals surface area contributed by atoms with Gasteiger partial charge in [0, 0.05) is 36.7 Å². The number of benzene rings is 1. The number of hydrogen-bond donors (Lipinski definition) is 3. The lowest BCUT2D eigenvalue weighted by Crippen LogP contribution is -2.48. The van der Waals surface area contributed by atoms with Gasteiger partial charge in [-0.15, -0.1) is 0 Å². The average molecular weight is 410 g/mol. The number of aromatic hydroxyl groups is 1. The predicted molar refractivity (Wildman–Crippen MR) is 113 cm³/mol. The fourth-order valence-electron chi connectivity index (χ4n) is 4.49. The van der Waals surface area contributed by atoms with E-state index in [9.17, 15) is 10.2 Å². The Balaban J connectivity index is 1.44. The van der Waals surface area contributed by atoms with Crippen molar-refractivity contribution >= 4 is 17.2 Å². The Kier molecular flexibility index (Phi) is 4.75. The molecule has 1 saturated heterocycles. The van der Waals surface area contributed by atoms with Crippen LogP contribution in [0.15, 0.2) is 22.6 Å². The number of pyridine rings is 1. The van der Waals surface area contributed by atoms with Crippen molar-refractivity contribution < 1.29 is 19.4 Å². The molecule has 2 atom stereocenters. The monoisotopic (exact) mass is 410 g/mol. The van der Waals surface area contributed by atoms with Crippen LogP contribution in [-0.4, -0.2) is 63.5 Å². The molecule has 3 aromatic rings. The van der Waals surface area contributed by atoms with Gasteiger partial charge in [0.05, 0.1) is 18.4 Å². The van der Waals surface area contributed by atoms with Crippen LogP contribution in [0, 0.1) is 6.92 Å². The number of rotatable bonds is 4. The summed E-state index contributed by atoms with van der Waals surface area (Å²) in [6, 6.07) is 6.07. The maximum Gasteiger partial charge on any atom is 0.297 e. The zero-order valence-electron chi connectivity index (χ0n) is 17.2. The highest BCUT2D eigenvalue weighted by atomic mass is 16.5. The number of aliphatic hydroxyl groups excluding tert-OH is 1. The van der Waals surface area contributed by atoms with Crippen LogP contribution in [0.2, 0.25) is 0 Å². The molecule has 2 aliphatic rings. The van der Waals surface area contributed by atoms with Crippen molar-refractivity contribution in [3.8, 4) is 22.8 Å². The molecule has 2 aliphatic heterocycles. The highest BCUT2D eigenvalue weighted by Crippen LogP contribution is 2.42. The SMILES string of the molecule is CCN1C[C@@H](O)C[C@@H](Nc2nc3nc(-c4c(C)cc5c(c4O)CCO5)ccc3o2)C1. The molecule has 2 aromatic heterocycles. The summed E-state index contributed by atoms with van der Waals surface area (Å²) < 4.78 is 11.4. The Bertz CT molecular complexity index is 1100. The number of piperidine rings is 1. The summed E-state index contributed by atoms with van der Waals surface area (Å²) in [6.07, 6.45) is 0.981. The van der Waals surface area contributed by atoms with Gasteiger partial charge in [-0.2, -0.15) is 4.98 Å². The van der Waals surface area contributed by atoms with Crippen molar-refractivity contribution in [2.75, 3.05) is 31.6 Å². The molecule has 0 unspecified atom stereocenters. The number of aromatic nitrogens is 2. The molecule has 0 saturated carbocycles. The van der Waals surface area contributed by atoms with Gasteiger partial charge in [-0.1, -0.05) is 6.92 Å². The fourth-order valence-corrected chi connectivity index (χ4v) is 4.49. The molecule has 1 fully saturated rings. The molecule has 5 rings (SSSR count). The molecule has 0 radical (unpaired) electrons. The lowest BCUT2D eigenvalue weighted by Gasteiger charge is -2.34. The van der Waals surface area contributed by atoms with Crippen LogP contribution in [0.1, 0.15) is 24.5 Å². The number of β-amino-alcohol motifs (C(OH)–C–C–N with tert-alkyl or cyclic N) is 1. The minimum absolute atomic E-state index is 0.0595. The Labute approximate surface area is 174 Å². The number of likely N-dealkylation sites (N-methyl/N-ethyl adjacent to an activating group) is 1. The number of aliphatic hydroxyl groups is 1. The molecule has 4 heterocycles. The van der Waals surface area contributed by atoms with Crippen molar-refractivity contribution in [2.45, 2.75) is 38.8 Å². The number of fused-ring (bicyclic) bond motifs is 2. The largest absolute Gasteiger partial charge is 0.507 e. The van der Waals surface area contributed by atoms with Crippen LogP contribution in [0.25, 0.3) is 22.5 Å². The summed E-state index contributed by atoms with van der Waals surface area (Å²) in [6.45, 7) is 7.02. The van der Waals surface area contributed by atoms with Gasteiger partial charge in [-0.05, 0) is 43.7 Å². The van der Waals surface area contributed by atoms with E-state index in [0.717, 1.165) is 30.0 Å². The van der Waals surface area contributed by atoms with E-state index in [2.05, 4.69) is 27.1 Å². The maximum atomic E-state index is 10.8. The molecule has 8 nitrogen and oxygen atoms in total. The lowest BCUT2D eigenvalue weighted by atomic mass is 9.98. The molecule has 8 heteroatoms. The summed E-state index contributed by atoms with van der Waals surface area (Å²) in [4.78, 5) is 11.4. The minimum atomic E-state index is -0.361. The van der Waals surface area contributed by atoms with Crippen molar-refractivity contribution in [2.24, 2.45) is 0 Å². The van der Waals surface area contributed by atoms with E-state index in [1.807, 2.05) is 25.1 Å². The molecule has 158 valence electrons. The molecule has 1 aromatic carbocycles. The topological polar surface area (TPSA) is 104 Å². The van der Waals surface area contributed by atoms with E-state index < -0.39 is 0 Å². The van der Waals surface area contributed by atoms with Crippen molar-refractivity contribution in [3.05, 3.63) is 29.3 Å². The zero-order valence-corrected chi connectivity index (χ0v) is 17.2. The average Bonchev–Trinajstić information content (AvgIpc) is 3.33. The van der Waals surface area contributed by atoms with Crippen LogP contribution in [0.3, 0.4) is 0 Å². The molecule has 3 N–H and O–H groups in total. The number of phenols is 1. The first-order valence-electron chi connectivity index (χ1n) is 10.4. The Morgan fingerprint density at radius 1 is 1.27 bits per heavy atom. The fraction of sp³-hybridized carbons (Fsp3) is 0.455. The van der Waals surface area contributed by atoms with Gasteiger partial charge >= 0.3 is 0 Å². The number of nitrogens with one attached hydrogen (secondary N) is 1. The van der Waals surface area contributed by atoms with E-state index in [1.54, 1.807) is 0 Å². The number of ether oxygens (including phenoxy) is 1. The Hall–Kier alpha value is -2.84. The molecule has 30 heavy (non-hydrogen) atoms. The van der Waals surface area contributed by atoms with E-state index in [-0.39, 0.29) is 17.9 Å². The highest BCUT2D eigenvalue weighted by molar-refractivity contribution is 5.80. The van der Waals surface area contributed by atoms with Gasteiger partial charge < -0.3 is 24.7 Å². The van der Waals surface area contributed by atoms with Crippen molar-refractivity contribution in [1.82, 2.24) is 14.9 Å². The van der Waals surface area contributed by atoms with E-state index >= 15 is 0 Å². The second-order valence-corrected chi connectivity index (χ2v) is 8.11. The first-order chi connectivity index (χ1) is 14.5. The van der Waals surface area contributed by atoms with Crippen LogP contribution in [0.5, 0.6) is 11.5 Å². The van der Waals surface area contributed by atoms with Gasteiger partial charge in [-0.3, -0.25) is 4.90 Å². The normalized spacial score (nSPS) is 21.6. The second-order valence-electron chi connectivity index (χ2n) is 8.11. The first kappa shape index (κ1) is 19.1. The van der Waals surface area contributed by atoms with Gasteiger partial charge in [0.2, 0.25) is 5.65 Å². The summed E-state index contributed by atoms with van der Waals surface area (Å²) >= 11 is 0. The molecule has 0 amide bonds. The third-order valence-electron chi connectivity index (χ3n) is 5.96. The zero-order chi connectivity index (χ0) is 20.8. The molecule has 0 spiro atoms. The van der Waals surface area contributed by atoms with Crippen molar-refractivity contribution in [3.63, 3.8) is 0 Å². The number of likely N-dealkylation sites (tertiary alicyclic amines) is 1. The molecular weight excluding hydrogens is 384 g/mol. The summed E-state index contributed by atoms with van der Waals surface area (Å²) in [5.74, 6) is 0.977. The third-order valence-corrected chi connectivity index (χ3v) is 5.96. The number of oxazole rings is 1. The number of aryl methyl sites for hydroxylation is 1. The van der Waals surface area contributed by atoms with Gasteiger partial charge in [0.15, 0.2) is 5.58 Å². The van der Waals surface area contributed by atoms with E-state index in [1.165, 1.54) is 0 Å². The van der Waals surface area contributed by atoms with E-state index in [4.69, 9.17) is 9.15 Å². The van der Waals surface area contributed by atoms with Gasteiger partial charge in [0.1, 0.15) is 11.5 Å². The second kappa shape index (κ2) is 7.45. The predicted octanol–water partition coefficient (Wildman–Crippen LogP) is 2.71. The summed E-state index contributed by atoms with van der Waals surface area (Å²) in [7, 11) is 0. The number of nitrogens with zero attached hydrogens (tertiary/aromatic N) is 3. The lowest BCUT2D eigenvalue weighted by molar-refractivity contribution is 0.0667. The maximum absolute atomic E-state index is 10.8. The number of anilines is 1. The first-order valence-corrected chi connectivity index (χ1v) is 10.4. The number of phenolic OH excluding ortho intramolecular Hbond substituents is 1. The minimum Gasteiger partial charge on any atom is -0.507 e. The van der Waals surface area contributed by atoms with Crippen LogP contribution in [0.4, 0.5) is 6.01 Å². The van der Waals surface area contributed by atoms with Gasteiger partial charge in [0.25, 0.3) is 6.01 Å². The summed E-state index contributed by atoms with van der Waals surface area (Å²) in [5, 5.41) is 24.2. The molecule has 0 aliphatic carbocycles.